The first-order valence-corrected chi connectivity index (χ1v) is 11.6. The van der Waals surface area contributed by atoms with E-state index in [0.717, 1.165) is 45.9 Å². The van der Waals surface area contributed by atoms with Gasteiger partial charge in [-0.15, -0.1) is 0 Å². The number of rotatable bonds is 1. The molecule has 34 heavy (non-hydrogen) atoms. The Morgan fingerprint density at radius 2 is 1.35 bits per heavy atom. The Morgan fingerprint density at radius 3 is 1.91 bits per heavy atom. The number of nitrogens with zero attached hydrogens (tertiary/aromatic N) is 3. The summed E-state index contributed by atoms with van der Waals surface area (Å²) in [5, 5.41) is 4.46. The minimum atomic E-state index is -0.351. The second-order valence-electron chi connectivity index (χ2n) is 9.12. The van der Waals surface area contributed by atoms with Crippen molar-refractivity contribution in [2.75, 3.05) is 20.7 Å². The van der Waals surface area contributed by atoms with Crippen molar-refractivity contribution in [3.05, 3.63) is 72.1 Å². The summed E-state index contributed by atoms with van der Waals surface area (Å²) in [7, 11) is 4.06. The van der Waals surface area contributed by atoms with Crippen LogP contribution in [0.3, 0.4) is 0 Å². The van der Waals surface area contributed by atoms with E-state index in [1.165, 1.54) is 0 Å². The lowest BCUT2D eigenvalue weighted by atomic mass is 9.95. The van der Waals surface area contributed by atoms with Crippen LogP contribution in [-0.4, -0.2) is 52.8 Å². The highest BCUT2D eigenvalue weighted by Gasteiger charge is 2.35. The number of hydrogen-bond donors (Lipinski definition) is 1. The molecule has 2 aromatic carbocycles. The first-order valence-electron chi connectivity index (χ1n) is 11.6. The Kier molecular flexibility index (Phi) is 4.90. The van der Waals surface area contributed by atoms with Gasteiger partial charge >= 0.3 is 0 Å². The third kappa shape index (κ3) is 3.20. The van der Waals surface area contributed by atoms with Crippen LogP contribution in [0.4, 0.5) is 0 Å². The molecule has 4 heterocycles. The standard InChI is InChI=1S/C27H26N4O3/c1-29(2)23-11-12-30-15-19(17-7-3-5-9-21(17)30)24-25(27(33)28-26(24)32)20-16-31(13-14-34-23)22-10-6-4-8-18(20)22/h3-10,15-16,23H,11-14H2,1-2H3,(H,28,32,33)/t23-/m0/s1. The number of imide groups is 1. The van der Waals surface area contributed by atoms with Crippen molar-refractivity contribution in [1.29, 1.82) is 0 Å². The molecular weight excluding hydrogens is 428 g/mol. The van der Waals surface area contributed by atoms with E-state index in [-0.39, 0.29) is 18.0 Å². The first-order chi connectivity index (χ1) is 16.5. The predicted octanol–water partition coefficient (Wildman–Crippen LogP) is 3.47. The van der Waals surface area contributed by atoms with Crippen LogP contribution in [0.5, 0.6) is 0 Å². The van der Waals surface area contributed by atoms with Crippen molar-refractivity contribution < 1.29 is 14.3 Å². The second kappa shape index (κ2) is 7.97. The summed E-state index contributed by atoms with van der Waals surface area (Å²) in [6.45, 7) is 1.92. The third-order valence-electron chi connectivity index (χ3n) is 6.88. The number of amides is 2. The van der Waals surface area contributed by atoms with Gasteiger partial charge in [0.15, 0.2) is 0 Å². The van der Waals surface area contributed by atoms with E-state index < -0.39 is 0 Å². The Labute approximate surface area is 197 Å². The maximum absolute atomic E-state index is 13.2. The van der Waals surface area contributed by atoms with Crippen LogP contribution in [-0.2, 0) is 27.4 Å². The molecule has 7 nitrogen and oxygen atoms in total. The maximum atomic E-state index is 13.2. The highest BCUT2D eigenvalue weighted by molar-refractivity contribution is 6.50. The minimum Gasteiger partial charge on any atom is -0.361 e. The van der Waals surface area contributed by atoms with Gasteiger partial charge in [-0.3, -0.25) is 19.8 Å². The van der Waals surface area contributed by atoms with Gasteiger partial charge in [0.25, 0.3) is 11.8 Å². The number of carbonyl (C=O) groups excluding carboxylic acids is 2. The Balaban J connectivity index is 1.66. The van der Waals surface area contributed by atoms with Gasteiger partial charge in [0, 0.05) is 64.8 Å². The van der Waals surface area contributed by atoms with E-state index in [2.05, 4.69) is 25.4 Å². The fraction of sp³-hybridized carbons (Fsp3) is 0.259. The summed E-state index contributed by atoms with van der Waals surface area (Å²) in [4.78, 5) is 28.4. The van der Waals surface area contributed by atoms with Crippen molar-refractivity contribution >= 4 is 44.8 Å². The SMILES string of the molecule is CN(C)[C@@H]1CCn2cc(c3ccccc32)C2=C(C(=O)NC2=O)c2cn(c3ccccc23)CCO1. The van der Waals surface area contributed by atoms with Crippen molar-refractivity contribution in [2.45, 2.75) is 25.7 Å². The Morgan fingerprint density at radius 1 is 0.824 bits per heavy atom. The highest BCUT2D eigenvalue weighted by atomic mass is 16.5. The predicted molar refractivity (Wildman–Crippen MR) is 132 cm³/mol. The fourth-order valence-corrected chi connectivity index (χ4v) is 5.26. The average Bonchev–Trinajstić information content (AvgIpc) is 3.46. The van der Waals surface area contributed by atoms with Gasteiger partial charge in [-0.1, -0.05) is 36.4 Å². The molecule has 1 atom stereocenters. The van der Waals surface area contributed by atoms with E-state index in [4.69, 9.17) is 4.74 Å². The number of aryl methyl sites for hydroxylation is 1. The maximum Gasteiger partial charge on any atom is 0.259 e. The zero-order valence-corrected chi connectivity index (χ0v) is 19.2. The van der Waals surface area contributed by atoms with Gasteiger partial charge in [0.2, 0.25) is 0 Å². The van der Waals surface area contributed by atoms with Crippen LogP contribution in [0.2, 0.25) is 0 Å². The van der Waals surface area contributed by atoms with Gasteiger partial charge in [0.05, 0.1) is 17.8 Å². The molecule has 172 valence electrons. The molecule has 1 N–H and O–H groups in total. The number of ether oxygens (including phenoxy) is 1. The van der Waals surface area contributed by atoms with Crippen molar-refractivity contribution in [2.24, 2.45) is 0 Å². The van der Waals surface area contributed by atoms with Crippen molar-refractivity contribution in [3.63, 3.8) is 0 Å². The normalized spacial score (nSPS) is 19.1. The van der Waals surface area contributed by atoms with E-state index >= 15 is 0 Å². The van der Waals surface area contributed by atoms with Crippen LogP contribution in [0.1, 0.15) is 17.5 Å². The Bertz CT molecular complexity index is 1490. The lowest BCUT2D eigenvalue weighted by Crippen LogP contribution is -2.32. The number of para-hydroxylation sites is 2. The first kappa shape index (κ1) is 20.9. The van der Waals surface area contributed by atoms with Crippen LogP contribution in [0.15, 0.2) is 60.9 Å². The largest absolute Gasteiger partial charge is 0.361 e. The summed E-state index contributed by atoms with van der Waals surface area (Å²) in [5.41, 5.74) is 4.48. The molecule has 0 saturated carbocycles. The zero-order chi connectivity index (χ0) is 23.4. The number of carbonyl (C=O) groups is 2. The van der Waals surface area contributed by atoms with Crippen molar-refractivity contribution in [3.8, 4) is 0 Å². The summed E-state index contributed by atoms with van der Waals surface area (Å²) >= 11 is 0. The number of aromatic nitrogens is 2. The average molecular weight is 455 g/mol. The number of nitrogens with one attached hydrogen (secondary N) is 1. The van der Waals surface area contributed by atoms with Crippen LogP contribution in [0, 0.1) is 0 Å². The van der Waals surface area contributed by atoms with E-state index in [9.17, 15) is 9.59 Å². The van der Waals surface area contributed by atoms with E-state index in [1.807, 2.05) is 69.0 Å². The molecule has 2 aliphatic heterocycles. The molecule has 4 aromatic rings. The summed E-state index contributed by atoms with van der Waals surface area (Å²) < 4.78 is 10.6. The monoisotopic (exact) mass is 454 g/mol. The lowest BCUT2D eigenvalue weighted by molar-refractivity contribution is -0.122. The summed E-state index contributed by atoms with van der Waals surface area (Å²) in [5.74, 6) is -0.697. The van der Waals surface area contributed by atoms with Gasteiger partial charge in [-0.2, -0.15) is 0 Å². The number of hydrogen-bond acceptors (Lipinski definition) is 4. The molecular formula is C27H26N4O3. The van der Waals surface area contributed by atoms with E-state index in [0.29, 0.717) is 24.3 Å². The molecule has 0 aliphatic carbocycles. The summed E-state index contributed by atoms with van der Waals surface area (Å²) in [6.07, 6.45) is 4.74. The topological polar surface area (TPSA) is 68.5 Å². The fourth-order valence-electron chi connectivity index (χ4n) is 5.26. The molecule has 2 aromatic heterocycles. The van der Waals surface area contributed by atoms with Gasteiger partial charge < -0.3 is 13.9 Å². The molecule has 4 bridgehead atoms. The molecule has 2 aliphatic rings. The number of fused-ring (bicyclic) bond motifs is 12. The second-order valence-corrected chi connectivity index (χ2v) is 9.12. The van der Waals surface area contributed by atoms with Gasteiger partial charge in [0.1, 0.15) is 6.23 Å². The smallest absolute Gasteiger partial charge is 0.259 e. The quantitative estimate of drug-likeness (QED) is 0.447. The molecule has 0 saturated heterocycles. The summed E-state index contributed by atoms with van der Waals surface area (Å²) in [6, 6.07) is 16.0. The third-order valence-corrected chi connectivity index (χ3v) is 6.88. The zero-order valence-electron chi connectivity index (χ0n) is 19.2. The molecule has 0 fully saturated rings. The van der Waals surface area contributed by atoms with Crippen molar-refractivity contribution in [1.82, 2.24) is 19.4 Å². The molecule has 2 amide bonds. The van der Waals surface area contributed by atoms with Crippen LogP contribution < -0.4 is 5.32 Å². The van der Waals surface area contributed by atoms with Gasteiger partial charge in [-0.25, -0.2) is 0 Å². The van der Waals surface area contributed by atoms with E-state index in [1.54, 1.807) is 0 Å². The van der Waals surface area contributed by atoms with Crippen LogP contribution in [0.25, 0.3) is 33.0 Å². The number of benzene rings is 2. The molecule has 6 rings (SSSR count). The molecule has 0 radical (unpaired) electrons. The highest BCUT2D eigenvalue weighted by Crippen LogP contribution is 2.39. The van der Waals surface area contributed by atoms with Gasteiger partial charge in [-0.05, 0) is 26.2 Å². The molecule has 0 spiro atoms. The Hall–Kier alpha value is -3.68. The van der Waals surface area contributed by atoms with Crippen LogP contribution >= 0.6 is 0 Å². The minimum absolute atomic E-state index is 0.0417. The molecule has 7 heteroatoms. The molecule has 0 unspecified atom stereocenters. The lowest BCUT2D eigenvalue weighted by Gasteiger charge is -2.25.